The Morgan fingerprint density at radius 1 is 1.44 bits per heavy atom. The number of guanidine groups is 1. The molecule has 0 aromatic rings. The van der Waals surface area contributed by atoms with Gasteiger partial charge in [0.05, 0.1) is 12.6 Å². The average Bonchev–Trinajstić information content (AvgIpc) is 2.84. The summed E-state index contributed by atoms with van der Waals surface area (Å²) in [7, 11) is 0. The third-order valence-corrected chi connectivity index (χ3v) is 3.34. The fourth-order valence-corrected chi connectivity index (χ4v) is 2.18. The van der Waals surface area contributed by atoms with Gasteiger partial charge in [0.25, 0.3) is 0 Å². The quantitative estimate of drug-likeness (QED) is 0.304. The first-order chi connectivity index (χ1) is 8.36. The smallest absolute Gasteiger partial charge is 0.191 e. The van der Waals surface area contributed by atoms with Gasteiger partial charge in [-0.05, 0) is 38.2 Å². The fourth-order valence-electron chi connectivity index (χ4n) is 1.75. The van der Waals surface area contributed by atoms with E-state index in [1.165, 1.54) is 18.6 Å². The van der Waals surface area contributed by atoms with Crippen LogP contribution in [-0.2, 0) is 4.74 Å². The molecule has 0 aromatic carbocycles. The van der Waals surface area contributed by atoms with E-state index in [4.69, 9.17) is 4.74 Å². The van der Waals surface area contributed by atoms with Crippen molar-refractivity contribution in [1.29, 1.82) is 0 Å². The first-order valence-electron chi connectivity index (χ1n) is 6.49. The number of rotatable bonds is 7. The Hall–Kier alpha value is 0.310. The minimum atomic E-state index is 0. The van der Waals surface area contributed by atoms with Crippen LogP contribution in [-0.4, -0.2) is 50.3 Å². The molecular weight excluding hydrogens is 361 g/mol. The second kappa shape index (κ2) is 12.3. The topological polar surface area (TPSA) is 45.7 Å². The SMILES string of the molecule is CCNC(=NCC1CCCO1)NCCCSC.I. The summed E-state index contributed by atoms with van der Waals surface area (Å²) < 4.78 is 5.56. The van der Waals surface area contributed by atoms with Crippen molar-refractivity contribution in [2.75, 3.05) is 38.2 Å². The lowest BCUT2D eigenvalue weighted by Crippen LogP contribution is -2.38. The van der Waals surface area contributed by atoms with Crippen molar-refractivity contribution < 1.29 is 4.74 Å². The second-order valence-electron chi connectivity index (χ2n) is 4.13. The lowest BCUT2D eigenvalue weighted by molar-refractivity contribution is 0.117. The summed E-state index contributed by atoms with van der Waals surface area (Å²) in [5.74, 6) is 2.11. The van der Waals surface area contributed by atoms with Crippen molar-refractivity contribution in [1.82, 2.24) is 10.6 Å². The number of thioether (sulfide) groups is 1. The van der Waals surface area contributed by atoms with E-state index in [0.717, 1.165) is 38.6 Å². The molecule has 2 N–H and O–H groups in total. The molecular formula is C12H26IN3OS. The number of aliphatic imine (C=N–C) groups is 1. The maximum atomic E-state index is 5.56. The van der Waals surface area contributed by atoms with E-state index in [1.54, 1.807) is 0 Å². The number of halogens is 1. The number of hydrogen-bond donors (Lipinski definition) is 2. The van der Waals surface area contributed by atoms with Crippen LogP contribution in [0.15, 0.2) is 4.99 Å². The van der Waals surface area contributed by atoms with Crippen molar-refractivity contribution in [2.24, 2.45) is 4.99 Å². The van der Waals surface area contributed by atoms with Crippen LogP contribution in [0, 0.1) is 0 Å². The lowest BCUT2D eigenvalue weighted by atomic mass is 10.2. The largest absolute Gasteiger partial charge is 0.376 e. The Kier molecular flexibility index (Phi) is 12.6. The molecule has 0 radical (unpaired) electrons. The molecule has 1 heterocycles. The highest BCUT2D eigenvalue weighted by Gasteiger charge is 2.14. The monoisotopic (exact) mass is 387 g/mol. The third-order valence-electron chi connectivity index (χ3n) is 2.64. The van der Waals surface area contributed by atoms with E-state index >= 15 is 0 Å². The van der Waals surface area contributed by atoms with E-state index in [9.17, 15) is 0 Å². The summed E-state index contributed by atoms with van der Waals surface area (Å²) >= 11 is 1.88. The summed E-state index contributed by atoms with van der Waals surface area (Å²) in [5, 5.41) is 6.61. The first kappa shape index (κ1) is 18.3. The van der Waals surface area contributed by atoms with Crippen molar-refractivity contribution in [3.63, 3.8) is 0 Å². The molecule has 1 aliphatic rings. The molecule has 1 saturated heterocycles. The molecule has 1 aliphatic heterocycles. The van der Waals surface area contributed by atoms with E-state index in [2.05, 4.69) is 28.8 Å². The molecule has 1 fully saturated rings. The molecule has 0 aromatic heterocycles. The Labute approximate surface area is 132 Å². The summed E-state index contributed by atoms with van der Waals surface area (Å²) in [4.78, 5) is 4.56. The van der Waals surface area contributed by atoms with Gasteiger partial charge in [-0.1, -0.05) is 0 Å². The predicted octanol–water partition coefficient (Wildman–Crippen LogP) is 2.09. The molecule has 6 heteroatoms. The third kappa shape index (κ3) is 8.42. The summed E-state index contributed by atoms with van der Waals surface area (Å²) in [6, 6.07) is 0. The normalized spacial score (nSPS) is 19.4. The first-order valence-corrected chi connectivity index (χ1v) is 7.89. The van der Waals surface area contributed by atoms with Crippen LogP contribution < -0.4 is 10.6 Å². The highest BCUT2D eigenvalue weighted by molar-refractivity contribution is 14.0. The minimum Gasteiger partial charge on any atom is -0.376 e. The highest BCUT2D eigenvalue weighted by Crippen LogP contribution is 2.11. The number of ether oxygens (including phenoxy) is 1. The van der Waals surface area contributed by atoms with Crippen LogP contribution in [0.5, 0.6) is 0 Å². The van der Waals surface area contributed by atoms with Gasteiger partial charge in [-0.15, -0.1) is 24.0 Å². The van der Waals surface area contributed by atoms with Gasteiger partial charge in [0.1, 0.15) is 0 Å². The molecule has 0 bridgehead atoms. The van der Waals surface area contributed by atoms with Crippen LogP contribution in [0.2, 0.25) is 0 Å². The average molecular weight is 387 g/mol. The lowest BCUT2D eigenvalue weighted by Gasteiger charge is -2.12. The molecule has 0 amide bonds. The molecule has 0 spiro atoms. The summed E-state index contributed by atoms with van der Waals surface area (Å²) in [5.41, 5.74) is 0. The minimum absolute atomic E-state index is 0. The van der Waals surface area contributed by atoms with E-state index < -0.39 is 0 Å². The van der Waals surface area contributed by atoms with Crippen LogP contribution in [0.25, 0.3) is 0 Å². The Morgan fingerprint density at radius 2 is 2.28 bits per heavy atom. The molecule has 1 rings (SSSR count). The molecule has 0 aliphatic carbocycles. The van der Waals surface area contributed by atoms with Crippen LogP contribution in [0.1, 0.15) is 26.2 Å². The second-order valence-corrected chi connectivity index (χ2v) is 5.11. The molecule has 108 valence electrons. The highest BCUT2D eigenvalue weighted by atomic mass is 127. The van der Waals surface area contributed by atoms with Crippen LogP contribution in [0.4, 0.5) is 0 Å². The van der Waals surface area contributed by atoms with Gasteiger partial charge in [0.15, 0.2) is 5.96 Å². The van der Waals surface area contributed by atoms with Gasteiger partial charge in [-0.3, -0.25) is 4.99 Å². The van der Waals surface area contributed by atoms with Crippen molar-refractivity contribution in [3.05, 3.63) is 0 Å². The molecule has 4 nitrogen and oxygen atoms in total. The predicted molar refractivity (Wildman–Crippen MR) is 91.4 cm³/mol. The molecule has 0 saturated carbocycles. The number of nitrogens with one attached hydrogen (secondary N) is 2. The van der Waals surface area contributed by atoms with Gasteiger partial charge < -0.3 is 15.4 Å². The maximum absolute atomic E-state index is 5.56. The van der Waals surface area contributed by atoms with Gasteiger partial charge in [-0.2, -0.15) is 11.8 Å². The van der Waals surface area contributed by atoms with Crippen LogP contribution in [0.3, 0.4) is 0 Å². The van der Waals surface area contributed by atoms with Crippen LogP contribution >= 0.6 is 35.7 Å². The van der Waals surface area contributed by atoms with Gasteiger partial charge >= 0.3 is 0 Å². The van der Waals surface area contributed by atoms with Gasteiger partial charge in [0, 0.05) is 19.7 Å². The van der Waals surface area contributed by atoms with Gasteiger partial charge in [-0.25, -0.2) is 0 Å². The Morgan fingerprint density at radius 3 is 2.89 bits per heavy atom. The zero-order valence-electron chi connectivity index (χ0n) is 11.4. The Balaban J connectivity index is 0.00000289. The Bertz CT molecular complexity index is 223. The number of hydrogen-bond acceptors (Lipinski definition) is 3. The maximum Gasteiger partial charge on any atom is 0.191 e. The zero-order valence-corrected chi connectivity index (χ0v) is 14.6. The fraction of sp³-hybridized carbons (Fsp3) is 0.917. The summed E-state index contributed by atoms with van der Waals surface area (Å²) in [6.45, 7) is 5.65. The van der Waals surface area contributed by atoms with E-state index in [-0.39, 0.29) is 24.0 Å². The molecule has 18 heavy (non-hydrogen) atoms. The standard InChI is InChI=1S/C12H25N3OS.HI/c1-3-13-12(14-7-5-9-17-2)15-10-11-6-4-8-16-11;/h11H,3-10H2,1-2H3,(H2,13,14,15);1H. The summed E-state index contributed by atoms with van der Waals surface area (Å²) in [6.07, 6.45) is 5.96. The zero-order chi connectivity index (χ0) is 12.3. The van der Waals surface area contributed by atoms with E-state index in [1.807, 2.05) is 11.8 Å². The van der Waals surface area contributed by atoms with Gasteiger partial charge in [0.2, 0.25) is 0 Å². The number of nitrogens with zero attached hydrogens (tertiary/aromatic N) is 1. The van der Waals surface area contributed by atoms with Crippen molar-refractivity contribution in [2.45, 2.75) is 32.3 Å². The molecule has 1 atom stereocenters. The molecule has 1 unspecified atom stereocenters. The van der Waals surface area contributed by atoms with E-state index in [0.29, 0.717) is 6.10 Å². The van der Waals surface area contributed by atoms with Crippen molar-refractivity contribution >= 4 is 41.7 Å². The van der Waals surface area contributed by atoms with Crippen molar-refractivity contribution in [3.8, 4) is 0 Å².